The number of benzene rings is 1. The third-order valence-corrected chi connectivity index (χ3v) is 4.18. The molecule has 2 unspecified atom stereocenters. The summed E-state index contributed by atoms with van der Waals surface area (Å²) in [7, 11) is 0. The first-order valence-corrected chi connectivity index (χ1v) is 7.25. The molecular formula is C16H21NO4. The molecule has 1 aromatic rings. The van der Waals surface area contributed by atoms with Gasteiger partial charge in [-0.25, -0.2) is 0 Å². The molecule has 0 radical (unpaired) electrons. The Balaban J connectivity index is 2.17. The Labute approximate surface area is 124 Å². The maximum atomic E-state index is 12.4. The van der Waals surface area contributed by atoms with Crippen molar-refractivity contribution >= 4 is 11.9 Å². The number of carbonyl (C=O) groups is 2. The zero-order valence-corrected chi connectivity index (χ0v) is 12.4. The molecule has 0 bridgehead atoms. The van der Waals surface area contributed by atoms with Gasteiger partial charge in [0.1, 0.15) is 5.75 Å². The monoisotopic (exact) mass is 291 g/mol. The van der Waals surface area contributed by atoms with E-state index in [1.165, 1.54) is 0 Å². The Morgan fingerprint density at radius 3 is 2.81 bits per heavy atom. The highest BCUT2D eigenvalue weighted by atomic mass is 16.5. The molecule has 2 N–H and O–H groups in total. The van der Waals surface area contributed by atoms with Gasteiger partial charge in [-0.3, -0.25) is 9.59 Å². The Kier molecular flexibility index (Phi) is 4.50. The summed E-state index contributed by atoms with van der Waals surface area (Å²) in [6, 6.07) is 6.65. The van der Waals surface area contributed by atoms with Crippen molar-refractivity contribution in [3.8, 4) is 5.75 Å². The van der Waals surface area contributed by atoms with Crippen molar-refractivity contribution in [2.75, 3.05) is 6.61 Å². The first-order valence-electron chi connectivity index (χ1n) is 7.25. The van der Waals surface area contributed by atoms with Crippen LogP contribution >= 0.6 is 0 Å². The summed E-state index contributed by atoms with van der Waals surface area (Å²) in [4.78, 5) is 23.9. The molecule has 2 atom stereocenters. The van der Waals surface area contributed by atoms with Gasteiger partial charge in [0.05, 0.1) is 17.6 Å². The van der Waals surface area contributed by atoms with Crippen LogP contribution in [0.25, 0.3) is 0 Å². The SMILES string of the molecule is CCOc1ccccc1C(=O)NC1CCCC1(C)C(=O)O. The van der Waals surface area contributed by atoms with Gasteiger partial charge < -0.3 is 15.2 Å². The normalized spacial score (nSPS) is 24.6. The van der Waals surface area contributed by atoms with Gasteiger partial charge in [0.15, 0.2) is 0 Å². The first-order chi connectivity index (χ1) is 9.99. The lowest BCUT2D eigenvalue weighted by Gasteiger charge is -2.27. The Bertz CT molecular complexity index is 543. The molecular weight excluding hydrogens is 270 g/mol. The summed E-state index contributed by atoms with van der Waals surface area (Å²) in [6.45, 7) is 4.02. The van der Waals surface area contributed by atoms with Crippen molar-refractivity contribution in [3.63, 3.8) is 0 Å². The van der Waals surface area contributed by atoms with Crippen LogP contribution in [0.2, 0.25) is 0 Å². The first kappa shape index (κ1) is 15.4. The number of carbonyl (C=O) groups excluding carboxylic acids is 1. The lowest BCUT2D eigenvalue weighted by Crippen LogP contribution is -2.47. The highest BCUT2D eigenvalue weighted by Gasteiger charge is 2.46. The number of ether oxygens (including phenoxy) is 1. The molecule has 0 saturated heterocycles. The zero-order valence-electron chi connectivity index (χ0n) is 12.4. The lowest BCUT2D eigenvalue weighted by atomic mass is 9.85. The van der Waals surface area contributed by atoms with Gasteiger partial charge in [-0.2, -0.15) is 0 Å². The quantitative estimate of drug-likeness (QED) is 0.873. The van der Waals surface area contributed by atoms with E-state index < -0.39 is 11.4 Å². The largest absolute Gasteiger partial charge is 0.493 e. The number of amides is 1. The molecule has 1 amide bonds. The fraction of sp³-hybridized carbons (Fsp3) is 0.500. The molecule has 114 valence electrons. The summed E-state index contributed by atoms with van der Waals surface area (Å²) in [5, 5.41) is 12.3. The van der Waals surface area contributed by atoms with E-state index in [-0.39, 0.29) is 11.9 Å². The van der Waals surface area contributed by atoms with Crippen LogP contribution in [0.4, 0.5) is 0 Å². The minimum absolute atomic E-state index is 0.279. The molecule has 0 aromatic heterocycles. The number of carboxylic acid groups (broad SMARTS) is 1. The summed E-state index contributed by atoms with van der Waals surface area (Å²) >= 11 is 0. The number of carboxylic acids is 1. The summed E-state index contributed by atoms with van der Waals surface area (Å²) in [5.74, 6) is -0.616. The molecule has 1 saturated carbocycles. The van der Waals surface area contributed by atoms with Crippen LogP contribution < -0.4 is 10.1 Å². The Morgan fingerprint density at radius 1 is 1.43 bits per heavy atom. The molecule has 0 spiro atoms. The number of hydrogen-bond donors (Lipinski definition) is 2. The van der Waals surface area contributed by atoms with Crippen LogP contribution in [0.5, 0.6) is 5.75 Å². The van der Waals surface area contributed by atoms with E-state index in [1.54, 1.807) is 31.2 Å². The average Bonchev–Trinajstić information content (AvgIpc) is 2.82. The molecule has 0 heterocycles. The number of hydrogen-bond acceptors (Lipinski definition) is 3. The van der Waals surface area contributed by atoms with Gasteiger partial charge in [0.2, 0.25) is 0 Å². The van der Waals surface area contributed by atoms with Crippen LogP contribution in [-0.2, 0) is 4.79 Å². The summed E-state index contributed by atoms with van der Waals surface area (Å²) in [5.41, 5.74) is -0.449. The van der Waals surface area contributed by atoms with Crippen molar-refractivity contribution in [2.45, 2.75) is 39.2 Å². The van der Waals surface area contributed by atoms with Crippen molar-refractivity contribution in [3.05, 3.63) is 29.8 Å². The number of rotatable bonds is 5. The van der Waals surface area contributed by atoms with E-state index in [0.29, 0.717) is 30.8 Å². The van der Waals surface area contributed by atoms with E-state index in [0.717, 1.165) is 6.42 Å². The second kappa shape index (κ2) is 6.16. The van der Waals surface area contributed by atoms with Crippen LogP contribution in [0, 0.1) is 5.41 Å². The van der Waals surface area contributed by atoms with Crippen LogP contribution in [-0.4, -0.2) is 29.6 Å². The average molecular weight is 291 g/mol. The molecule has 0 aliphatic heterocycles. The second-order valence-corrected chi connectivity index (χ2v) is 5.57. The van der Waals surface area contributed by atoms with Crippen LogP contribution in [0.15, 0.2) is 24.3 Å². The molecule has 1 aromatic carbocycles. The van der Waals surface area contributed by atoms with Gasteiger partial charge in [-0.15, -0.1) is 0 Å². The van der Waals surface area contributed by atoms with Gasteiger partial charge in [0.25, 0.3) is 5.91 Å². The standard InChI is InChI=1S/C16H21NO4/c1-3-21-12-8-5-4-7-11(12)14(18)17-13-9-6-10-16(13,2)15(19)20/h4-5,7-8,13H,3,6,9-10H2,1-2H3,(H,17,18)(H,19,20). The van der Waals surface area contributed by atoms with E-state index in [2.05, 4.69) is 5.32 Å². The molecule has 1 fully saturated rings. The number of aliphatic carboxylic acids is 1. The smallest absolute Gasteiger partial charge is 0.311 e. The van der Waals surface area contributed by atoms with Crippen LogP contribution in [0.3, 0.4) is 0 Å². The topological polar surface area (TPSA) is 75.6 Å². The van der Waals surface area contributed by atoms with Crippen molar-refractivity contribution in [2.24, 2.45) is 5.41 Å². The van der Waals surface area contributed by atoms with Crippen molar-refractivity contribution < 1.29 is 19.4 Å². The number of nitrogens with one attached hydrogen (secondary N) is 1. The Morgan fingerprint density at radius 2 is 2.14 bits per heavy atom. The summed E-state index contributed by atoms with van der Waals surface area (Å²) < 4.78 is 5.44. The van der Waals surface area contributed by atoms with Gasteiger partial charge >= 0.3 is 5.97 Å². The molecule has 5 nitrogen and oxygen atoms in total. The van der Waals surface area contributed by atoms with Gasteiger partial charge in [-0.1, -0.05) is 18.6 Å². The lowest BCUT2D eigenvalue weighted by molar-refractivity contribution is -0.148. The zero-order chi connectivity index (χ0) is 15.5. The van der Waals surface area contributed by atoms with Gasteiger partial charge in [0, 0.05) is 6.04 Å². The molecule has 1 aliphatic carbocycles. The highest BCUT2D eigenvalue weighted by molar-refractivity contribution is 5.97. The fourth-order valence-electron chi connectivity index (χ4n) is 2.83. The second-order valence-electron chi connectivity index (χ2n) is 5.57. The Hall–Kier alpha value is -2.04. The van der Waals surface area contributed by atoms with E-state index in [9.17, 15) is 14.7 Å². The minimum Gasteiger partial charge on any atom is -0.493 e. The van der Waals surface area contributed by atoms with Crippen molar-refractivity contribution in [1.29, 1.82) is 0 Å². The minimum atomic E-state index is -0.893. The van der Waals surface area contributed by atoms with E-state index in [4.69, 9.17) is 4.74 Å². The molecule has 2 rings (SSSR count). The molecule has 21 heavy (non-hydrogen) atoms. The maximum absolute atomic E-state index is 12.4. The van der Waals surface area contributed by atoms with E-state index in [1.807, 2.05) is 6.92 Å². The third-order valence-electron chi connectivity index (χ3n) is 4.18. The predicted octanol–water partition coefficient (Wildman–Crippen LogP) is 2.46. The van der Waals surface area contributed by atoms with Crippen molar-refractivity contribution in [1.82, 2.24) is 5.32 Å². The third kappa shape index (κ3) is 3.01. The fourth-order valence-corrected chi connectivity index (χ4v) is 2.83. The molecule has 5 heteroatoms. The van der Waals surface area contributed by atoms with Gasteiger partial charge in [-0.05, 0) is 38.8 Å². The highest BCUT2D eigenvalue weighted by Crippen LogP contribution is 2.38. The summed E-state index contributed by atoms with van der Waals surface area (Å²) in [6.07, 6.45) is 2.08. The van der Waals surface area contributed by atoms with Crippen LogP contribution in [0.1, 0.15) is 43.5 Å². The maximum Gasteiger partial charge on any atom is 0.311 e. The number of para-hydroxylation sites is 1. The van der Waals surface area contributed by atoms with E-state index >= 15 is 0 Å². The predicted molar refractivity (Wildman–Crippen MR) is 78.5 cm³/mol. The molecule has 1 aliphatic rings.